The van der Waals surface area contributed by atoms with Gasteiger partial charge in [-0.05, 0) is 6.07 Å². The Morgan fingerprint density at radius 3 is 1.28 bits per heavy atom. The van der Waals surface area contributed by atoms with Gasteiger partial charge in [-0.15, -0.1) is 0 Å². The van der Waals surface area contributed by atoms with Gasteiger partial charge in [0.1, 0.15) is 5.82 Å². The predicted octanol–water partition coefficient (Wildman–Crippen LogP) is 11.1. The average molecular weight is 594 g/mol. The van der Waals surface area contributed by atoms with Crippen molar-refractivity contribution in [2.24, 2.45) is 0 Å². The fourth-order valence-electron chi connectivity index (χ4n) is 2.48. The first-order valence-corrected chi connectivity index (χ1v) is 11.0. The van der Waals surface area contributed by atoms with Crippen LogP contribution in [0.3, 0.4) is 0 Å². The molecule has 0 aliphatic heterocycles. The van der Waals surface area contributed by atoms with Crippen LogP contribution in [0.1, 0.15) is 0 Å². The van der Waals surface area contributed by atoms with E-state index in [2.05, 4.69) is 4.98 Å². The topological polar surface area (TPSA) is 12.9 Å². The largest absolute Gasteiger partial charge is 0.252 e. The monoisotopic (exact) mass is 589 g/mol. The van der Waals surface area contributed by atoms with Crippen LogP contribution in [0.15, 0.2) is 12.3 Å². The summed E-state index contributed by atoms with van der Waals surface area (Å²) < 4.78 is 14.1. The number of aromatic nitrogens is 1. The number of hydrogen-bond acceptors (Lipinski definition) is 1. The maximum atomic E-state index is 14.1. The van der Waals surface area contributed by atoms with Crippen molar-refractivity contribution < 1.29 is 4.39 Å². The Morgan fingerprint density at radius 2 is 0.862 bits per heavy atom. The lowest BCUT2D eigenvalue weighted by atomic mass is 9.98. The molecule has 1 nitrogen and oxygen atoms in total. The number of hydrogen-bond donors (Lipinski definition) is 0. The van der Waals surface area contributed by atoms with Crippen molar-refractivity contribution in [2.75, 3.05) is 0 Å². The van der Waals surface area contributed by atoms with E-state index in [1.807, 2.05) is 0 Å². The number of benzene rings is 2. The van der Waals surface area contributed by atoms with Crippen LogP contribution in [0, 0.1) is 5.82 Å². The Morgan fingerprint density at radius 1 is 0.517 bits per heavy atom. The summed E-state index contributed by atoms with van der Waals surface area (Å²) in [7, 11) is 0. The molecule has 3 rings (SSSR count). The van der Waals surface area contributed by atoms with Crippen molar-refractivity contribution in [3.63, 3.8) is 0 Å². The Hall–Kier alpha value is 0.420. The van der Waals surface area contributed by atoms with Gasteiger partial charge in [0.15, 0.2) is 0 Å². The molecule has 0 amide bonds. The van der Waals surface area contributed by atoms with Gasteiger partial charge in [-0.3, -0.25) is 4.98 Å². The number of rotatable bonds is 2. The Kier molecular flexibility index (Phi) is 7.56. The van der Waals surface area contributed by atoms with Crippen LogP contribution in [-0.4, -0.2) is 4.98 Å². The predicted molar refractivity (Wildman–Crippen MR) is 125 cm³/mol. The summed E-state index contributed by atoms with van der Waals surface area (Å²) in [4.78, 5) is 4.08. The Bertz CT molecular complexity index is 1120. The first kappa shape index (κ1) is 24.1. The lowest BCUT2D eigenvalue weighted by Crippen LogP contribution is -1.97. The zero-order valence-corrected chi connectivity index (χ0v) is 20.8. The smallest absolute Gasteiger partial charge is 0.142 e. The summed E-state index contributed by atoms with van der Waals surface area (Å²) in [5.74, 6) is -0.712. The summed E-state index contributed by atoms with van der Waals surface area (Å²) in [6.07, 6.45) is 0.933. The van der Waals surface area contributed by atoms with Gasteiger partial charge in [0.05, 0.1) is 62.1 Å². The van der Waals surface area contributed by atoms with E-state index in [-0.39, 0.29) is 72.6 Å². The van der Waals surface area contributed by atoms with Gasteiger partial charge in [0.25, 0.3) is 0 Å². The molecular weight excluding hydrogens is 592 g/mol. The van der Waals surface area contributed by atoms with Gasteiger partial charge < -0.3 is 0 Å². The van der Waals surface area contributed by atoms with Crippen molar-refractivity contribution in [1.29, 1.82) is 0 Å². The quantitative estimate of drug-likeness (QED) is 0.213. The summed E-state index contributed by atoms with van der Waals surface area (Å²) in [6.45, 7) is 0. The maximum absolute atomic E-state index is 14.1. The molecule has 0 saturated carbocycles. The molecule has 0 saturated heterocycles. The highest BCUT2D eigenvalue weighted by Crippen LogP contribution is 2.53. The Labute approximate surface area is 214 Å². The van der Waals surface area contributed by atoms with Gasteiger partial charge >= 0.3 is 0 Å². The second-order valence-electron chi connectivity index (χ2n) is 5.44. The molecule has 0 bridgehead atoms. The highest BCUT2D eigenvalue weighted by molar-refractivity contribution is 6.58. The molecule has 12 heteroatoms. The molecule has 1 aromatic heterocycles. The molecule has 0 atom stereocenters. The third-order valence-corrected chi connectivity index (χ3v) is 8.33. The zero-order chi connectivity index (χ0) is 21.8. The molecule has 29 heavy (non-hydrogen) atoms. The van der Waals surface area contributed by atoms with Crippen LogP contribution in [-0.2, 0) is 0 Å². The minimum atomic E-state index is -0.712. The fourth-order valence-corrected chi connectivity index (χ4v) is 5.14. The molecule has 0 radical (unpaired) electrons. The van der Waals surface area contributed by atoms with Crippen LogP contribution >= 0.6 is 116 Å². The molecule has 0 spiro atoms. The summed E-state index contributed by atoms with van der Waals surface area (Å²) >= 11 is 62.0. The number of nitrogens with zero attached hydrogens (tertiary/aromatic N) is 1. The summed E-state index contributed by atoms with van der Waals surface area (Å²) in [6, 6.07) is 1.10. The SMILES string of the molecule is Fc1cnc(-c2c(Cl)c(Cl)c(Cl)c(Cl)c2Cl)c(-c2c(Cl)c(Cl)c(Cl)c(Cl)c2Cl)c1. The van der Waals surface area contributed by atoms with Gasteiger partial charge in [-0.2, -0.15) is 0 Å². The van der Waals surface area contributed by atoms with Crippen LogP contribution < -0.4 is 0 Å². The van der Waals surface area contributed by atoms with E-state index in [1.165, 1.54) is 0 Å². The van der Waals surface area contributed by atoms with Gasteiger partial charge in [0.2, 0.25) is 0 Å². The molecular formula is C17H2Cl10FN. The van der Waals surface area contributed by atoms with E-state index in [1.54, 1.807) is 0 Å². The van der Waals surface area contributed by atoms with Crippen LogP contribution in [0.5, 0.6) is 0 Å². The van der Waals surface area contributed by atoms with E-state index >= 15 is 0 Å². The van der Waals surface area contributed by atoms with Crippen molar-refractivity contribution >= 4 is 116 Å². The molecule has 152 valence electrons. The lowest BCUT2D eigenvalue weighted by molar-refractivity contribution is 0.622. The lowest BCUT2D eigenvalue weighted by Gasteiger charge is -2.18. The van der Waals surface area contributed by atoms with Gasteiger partial charge in [-0.1, -0.05) is 116 Å². The highest BCUT2D eigenvalue weighted by atomic mass is 35.5. The standard InChI is InChI=1S/C17H2Cl10FN/c18-7-5(8(19)12(23)15(26)11(7)22)4-1-3(28)2-29-17(4)6-9(20)13(24)16(27)14(25)10(6)21/h1-2H. The van der Waals surface area contributed by atoms with E-state index in [9.17, 15) is 4.39 Å². The minimum Gasteiger partial charge on any atom is -0.252 e. The van der Waals surface area contributed by atoms with Crippen molar-refractivity contribution in [2.45, 2.75) is 0 Å². The van der Waals surface area contributed by atoms with E-state index in [4.69, 9.17) is 116 Å². The van der Waals surface area contributed by atoms with Crippen molar-refractivity contribution in [3.05, 3.63) is 68.3 Å². The molecule has 0 unspecified atom stereocenters. The maximum Gasteiger partial charge on any atom is 0.142 e. The number of pyridine rings is 1. The van der Waals surface area contributed by atoms with Gasteiger partial charge in [-0.25, -0.2) is 4.39 Å². The second-order valence-corrected chi connectivity index (χ2v) is 9.22. The molecule has 0 N–H and O–H groups in total. The molecule has 1 heterocycles. The van der Waals surface area contributed by atoms with E-state index < -0.39 is 5.82 Å². The first-order chi connectivity index (χ1) is 13.5. The summed E-state index contributed by atoms with van der Waals surface area (Å²) in [5, 5.41) is -0.727. The van der Waals surface area contributed by atoms with Gasteiger partial charge in [0, 0.05) is 16.7 Å². The first-order valence-electron chi connectivity index (χ1n) is 7.18. The molecule has 0 fully saturated rings. The van der Waals surface area contributed by atoms with Crippen molar-refractivity contribution in [1.82, 2.24) is 4.98 Å². The molecule has 0 aliphatic carbocycles. The van der Waals surface area contributed by atoms with Crippen molar-refractivity contribution in [3.8, 4) is 22.4 Å². The molecule has 3 aromatic rings. The zero-order valence-electron chi connectivity index (χ0n) is 13.3. The van der Waals surface area contributed by atoms with E-state index in [0.29, 0.717) is 0 Å². The van der Waals surface area contributed by atoms with Crippen LogP contribution in [0.4, 0.5) is 4.39 Å². The molecule has 0 aliphatic rings. The Balaban J connectivity index is 2.50. The number of halogens is 11. The molecule has 2 aromatic carbocycles. The minimum absolute atomic E-state index is 0.0515. The normalized spacial score (nSPS) is 11.3. The van der Waals surface area contributed by atoms with Crippen LogP contribution in [0.2, 0.25) is 50.2 Å². The second kappa shape index (κ2) is 9.11. The average Bonchev–Trinajstić information content (AvgIpc) is 2.69. The van der Waals surface area contributed by atoms with E-state index in [0.717, 1.165) is 12.3 Å². The highest BCUT2D eigenvalue weighted by Gasteiger charge is 2.27. The third-order valence-electron chi connectivity index (χ3n) is 3.78. The fraction of sp³-hybridized carbons (Fsp3) is 0. The third kappa shape index (κ3) is 4.12. The summed E-state index contributed by atoms with van der Waals surface area (Å²) in [5.41, 5.74) is 0.264. The van der Waals surface area contributed by atoms with Crippen LogP contribution in [0.25, 0.3) is 22.4 Å².